The van der Waals surface area contributed by atoms with Crippen LogP contribution in [0.3, 0.4) is 0 Å². The second-order valence-corrected chi connectivity index (χ2v) is 7.50. The molecule has 0 aromatic rings. The number of carboxylic acid groups (broad SMARTS) is 1. The molecule has 4 nitrogen and oxygen atoms in total. The number of aliphatic hydroxyl groups is 1. The van der Waals surface area contributed by atoms with E-state index in [0.717, 1.165) is 19.8 Å². The summed E-state index contributed by atoms with van der Waals surface area (Å²) in [5.74, 6) is -2.05. The first kappa shape index (κ1) is 24.1. The van der Waals surface area contributed by atoms with E-state index in [1.54, 1.807) is 0 Å². The Bertz CT molecular complexity index is 350. The number of carboxylic acids is 1. The summed E-state index contributed by atoms with van der Waals surface area (Å²) in [6.07, 6.45) is 18.9. The predicted molar refractivity (Wildman–Crippen MR) is 103 cm³/mol. The summed E-state index contributed by atoms with van der Waals surface area (Å²) in [4.78, 5) is 22.4. The van der Waals surface area contributed by atoms with Gasteiger partial charge in [0.1, 0.15) is 0 Å². The summed E-state index contributed by atoms with van der Waals surface area (Å²) in [5, 5.41) is 18.3. The van der Waals surface area contributed by atoms with Gasteiger partial charge >= 0.3 is 5.97 Å². The first-order valence-corrected chi connectivity index (χ1v) is 10.4. The van der Waals surface area contributed by atoms with Gasteiger partial charge in [0.2, 0.25) is 5.60 Å². The highest BCUT2D eigenvalue weighted by atomic mass is 16.4. The molecule has 1 atom stereocenters. The van der Waals surface area contributed by atoms with Crippen LogP contribution in [-0.4, -0.2) is 27.6 Å². The maximum atomic E-state index is 11.6. The molecule has 0 spiro atoms. The van der Waals surface area contributed by atoms with Gasteiger partial charge in [-0.15, -0.1) is 0 Å². The van der Waals surface area contributed by atoms with Gasteiger partial charge in [0.05, 0.1) is 0 Å². The van der Waals surface area contributed by atoms with Crippen molar-refractivity contribution in [1.82, 2.24) is 0 Å². The molecular formula is C21H40O4. The van der Waals surface area contributed by atoms with Crippen LogP contribution in [0.15, 0.2) is 0 Å². The molecule has 0 aliphatic carbocycles. The molecular weight excluding hydrogens is 316 g/mol. The van der Waals surface area contributed by atoms with Gasteiger partial charge in [0.15, 0.2) is 5.78 Å². The quantitative estimate of drug-likeness (QED) is 0.246. The van der Waals surface area contributed by atoms with Gasteiger partial charge in [-0.3, -0.25) is 4.79 Å². The standard InChI is InChI=1S/C21H40O4/c1-3-4-5-6-7-8-9-10-11-12-13-14-15-16-17-18-19(22)21(2,25)20(23)24/h25H,3-18H2,1-2H3,(H,23,24). The summed E-state index contributed by atoms with van der Waals surface area (Å²) in [6, 6.07) is 0. The summed E-state index contributed by atoms with van der Waals surface area (Å²) in [7, 11) is 0. The van der Waals surface area contributed by atoms with E-state index in [2.05, 4.69) is 6.92 Å². The Balaban J connectivity index is 3.29. The highest BCUT2D eigenvalue weighted by Gasteiger charge is 2.37. The average Bonchev–Trinajstić information content (AvgIpc) is 2.57. The molecule has 0 aromatic heterocycles. The number of aliphatic carboxylic acids is 1. The Hall–Kier alpha value is -0.900. The Morgan fingerprint density at radius 2 is 1.00 bits per heavy atom. The predicted octanol–water partition coefficient (Wildman–Crippen LogP) is 5.65. The number of unbranched alkanes of at least 4 members (excludes halogenated alkanes) is 14. The van der Waals surface area contributed by atoms with Crippen LogP contribution in [0.25, 0.3) is 0 Å². The largest absolute Gasteiger partial charge is 0.479 e. The Kier molecular flexibility index (Phi) is 14.8. The third kappa shape index (κ3) is 13.0. The fraction of sp³-hybridized carbons (Fsp3) is 0.905. The summed E-state index contributed by atoms with van der Waals surface area (Å²) in [5.41, 5.74) is -2.23. The molecule has 0 aliphatic rings. The zero-order valence-corrected chi connectivity index (χ0v) is 16.5. The SMILES string of the molecule is CCCCCCCCCCCCCCCCCC(=O)C(C)(O)C(=O)O. The minimum atomic E-state index is -2.23. The molecule has 0 saturated heterocycles. The maximum absolute atomic E-state index is 11.6. The number of hydrogen-bond acceptors (Lipinski definition) is 3. The van der Waals surface area contributed by atoms with Crippen molar-refractivity contribution in [2.45, 2.75) is 122 Å². The van der Waals surface area contributed by atoms with E-state index in [1.807, 2.05) is 0 Å². The normalized spacial score (nSPS) is 13.6. The fourth-order valence-corrected chi connectivity index (χ4v) is 3.02. The van der Waals surface area contributed by atoms with E-state index < -0.39 is 17.4 Å². The van der Waals surface area contributed by atoms with Crippen molar-refractivity contribution in [2.75, 3.05) is 0 Å². The number of carbonyl (C=O) groups is 2. The number of rotatable bonds is 18. The van der Waals surface area contributed by atoms with Crippen molar-refractivity contribution in [1.29, 1.82) is 0 Å². The number of Topliss-reactive ketones (excluding diaryl/α,β-unsaturated/α-hetero) is 1. The third-order valence-corrected chi connectivity index (χ3v) is 4.97. The van der Waals surface area contributed by atoms with Gasteiger partial charge in [-0.1, -0.05) is 96.8 Å². The first-order chi connectivity index (χ1) is 11.9. The van der Waals surface area contributed by atoms with Crippen LogP contribution in [0, 0.1) is 0 Å². The Labute approximate surface area is 154 Å². The van der Waals surface area contributed by atoms with Crippen LogP contribution in [-0.2, 0) is 9.59 Å². The lowest BCUT2D eigenvalue weighted by molar-refractivity contribution is -0.163. The summed E-state index contributed by atoms with van der Waals surface area (Å²) < 4.78 is 0. The van der Waals surface area contributed by atoms with Crippen molar-refractivity contribution in [3.05, 3.63) is 0 Å². The molecule has 0 aromatic carbocycles. The zero-order valence-electron chi connectivity index (χ0n) is 16.5. The Morgan fingerprint density at radius 1 is 0.680 bits per heavy atom. The van der Waals surface area contributed by atoms with Crippen LogP contribution < -0.4 is 0 Å². The highest BCUT2D eigenvalue weighted by molar-refractivity contribution is 6.05. The number of hydrogen-bond donors (Lipinski definition) is 2. The minimum absolute atomic E-state index is 0.150. The van der Waals surface area contributed by atoms with Crippen molar-refractivity contribution >= 4 is 11.8 Å². The average molecular weight is 357 g/mol. The number of carbonyl (C=O) groups excluding carboxylic acids is 1. The van der Waals surface area contributed by atoms with Crippen molar-refractivity contribution in [3.8, 4) is 0 Å². The molecule has 148 valence electrons. The van der Waals surface area contributed by atoms with E-state index in [-0.39, 0.29) is 6.42 Å². The molecule has 4 heteroatoms. The molecule has 0 bridgehead atoms. The van der Waals surface area contributed by atoms with E-state index in [4.69, 9.17) is 5.11 Å². The monoisotopic (exact) mass is 356 g/mol. The van der Waals surface area contributed by atoms with Gasteiger partial charge in [0, 0.05) is 6.42 Å². The molecule has 0 radical (unpaired) electrons. The van der Waals surface area contributed by atoms with Crippen LogP contribution in [0.2, 0.25) is 0 Å². The molecule has 0 heterocycles. The lowest BCUT2D eigenvalue weighted by atomic mass is 9.96. The fourth-order valence-electron chi connectivity index (χ4n) is 3.02. The second-order valence-electron chi connectivity index (χ2n) is 7.50. The van der Waals surface area contributed by atoms with E-state index in [0.29, 0.717) is 6.42 Å². The molecule has 2 N–H and O–H groups in total. The van der Waals surface area contributed by atoms with Gasteiger partial charge in [-0.2, -0.15) is 0 Å². The highest BCUT2D eigenvalue weighted by Crippen LogP contribution is 2.15. The van der Waals surface area contributed by atoms with Gasteiger partial charge in [0.25, 0.3) is 0 Å². The third-order valence-electron chi connectivity index (χ3n) is 4.97. The van der Waals surface area contributed by atoms with Gasteiger partial charge < -0.3 is 10.2 Å². The smallest absolute Gasteiger partial charge is 0.343 e. The van der Waals surface area contributed by atoms with Crippen LogP contribution >= 0.6 is 0 Å². The molecule has 0 aliphatic heterocycles. The van der Waals surface area contributed by atoms with E-state index >= 15 is 0 Å². The van der Waals surface area contributed by atoms with E-state index in [9.17, 15) is 14.7 Å². The first-order valence-electron chi connectivity index (χ1n) is 10.4. The van der Waals surface area contributed by atoms with E-state index in [1.165, 1.54) is 77.0 Å². The van der Waals surface area contributed by atoms with Crippen LogP contribution in [0.4, 0.5) is 0 Å². The topological polar surface area (TPSA) is 74.6 Å². The Morgan fingerprint density at radius 3 is 1.32 bits per heavy atom. The van der Waals surface area contributed by atoms with Crippen LogP contribution in [0.5, 0.6) is 0 Å². The minimum Gasteiger partial charge on any atom is -0.479 e. The zero-order chi connectivity index (χ0) is 19.0. The maximum Gasteiger partial charge on any atom is 0.343 e. The summed E-state index contributed by atoms with van der Waals surface area (Å²) in [6.45, 7) is 3.31. The molecule has 0 saturated carbocycles. The molecule has 0 rings (SSSR count). The van der Waals surface area contributed by atoms with Gasteiger partial charge in [-0.25, -0.2) is 4.79 Å². The molecule has 25 heavy (non-hydrogen) atoms. The molecule has 0 amide bonds. The van der Waals surface area contributed by atoms with Gasteiger partial charge in [-0.05, 0) is 13.3 Å². The van der Waals surface area contributed by atoms with Crippen molar-refractivity contribution in [3.63, 3.8) is 0 Å². The lowest BCUT2D eigenvalue weighted by Gasteiger charge is -2.15. The van der Waals surface area contributed by atoms with Crippen LogP contribution in [0.1, 0.15) is 117 Å². The summed E-state index contributed by atoms with van der Waals surface area (Å²) >= 11 is 0. The molecule has 1 unspecified atom stereocenters. The second kappa shape index (κ2) is 15.4. The number of ketones is 1. The van der Waals surface area contributed by atoms with Crippen molar-refractivity contribution < 1.29 is 19.8 Å². The molecule has 0 fully saturated rings. The van der Waals surface area contributed by atoms with Crippen molar-refractivity contribution in [2.24, 2.45) is 0 Å². The lowest BCUT2D eigenvalue weighted by Crippen LogP contribution is -2.43.